The lowest BCUT2D eigenvalue weighted by atomic mass is 10.1. The van der Waals surface area contributed by atoms with Crippen LogP contribution in [0.3, 0.4) is 0 Å². The quantitative estimate of drug-likeness (QED) is 0.793. The summed E-state index contributed by atoms with van der Waals surface area (Å²) in [5.74, 6) is -0.767. The van der Waals surface area contributed by atoms with Crippen molar-refractivity contribution < 1.29 is 9.59 Å². The summed E-state index contributed by atoms with van der Waals surface area (Å²) in [6.45, 7) is 1.80. The van der Waals surface area contributed by atoms with Crippen LogP contribution in [0, 0.1) is 6.92 Å². The van der Waals surface area contributed by atoms with E-state index >= 15 is 0 Å². The van der Waals surface area contributed by atoms with E-state index in [4.69, 9.17) is 0 Å². The molecule has 1 aromatic heterocycles. The maximum atomic E-state index is 12.1. The second-order valence-corrected chi connectivity index (χ2v) is 4.49. The van der Waals surface area contributed by atoms with Gasteiger partial charge in [-0.15, -0.1) is 0 Å². The van der Waals surface area contributed by atoms with E-state index in [0.29, 0.717) is 11.3 Å². The van der Waals surface area contributed by atoms with Gasteiger partial charge in [0.15, 0.2) is 5.43 Å². The number of anilines is 1. The highest BCUT2D eigenvalue weighted by molar-refractivity contribution is 6.05. The van der Waals surface area contributed by atoms with Crippen LogP contribution in [-0.4, -0.2) is 23.8 Å². The van der Waals surface area contributed by atoms with Crippen molar-refractivity contribution in [2.24, 2.45) is 0 Å². The SMILES string of the molecule is CNC(=O)c1ccc(C)c(NC(=O)c2c[nH]ccc2=O)c1. The molecule has 1 aromatic carbocycles. The summed E-state index contributed by atoms with van der Waals surface area (Å²) in [7, 11) is 1.53. The third-order valence-electron chi connectivity index (χ3n) is 3.04. The molecular weight excluding hydrogens is 270 g/mol. The first-order valence-corrected chi connectivity index (χ1v) is 6.34. The van der Waals surface area contributed by atoms with E-state index in [-0.39, 0.29) is 16.9 Å². The summed E-state index contributed by atoms with van der Waals surface area (Å²) in [6.07, 6.45) is 2.80. The zero-order valence-electron chi connectivity index (χ0n) is 11.7. The van der Waals surface area contributed by atoms with E-state index in [1.54, 1.807) is 25.1 Å². The number of nitrogens with one attached hydrogen (secondary N) is 3. The zero-order chi connectivity index (χ0) is 15.4. The van der Waals surface area contributed by atoms with Crippen molar-refractivity contribution in [3.05, 3.63) is 63.6 Å². The summed E-state index contributed by atoms with van der Waals surface area (Å²) in [4.78, 5) is 38.0. The lowest BCUT2D eigenvalue weighted by molar-refractivity contribution is 0.0961. The minimum absolute atomic E-state index is 0.0160. The second-order valence-electron chi connectivity index (χ2n) is 4.49. The molecule has 0 spiro atoms. The molecule has 6 heteroatoms. The average Bonchev–Trinajstić information content (AvgIpc) is 2.49. The highest BCUT2D eigenvalue weighted by Gasteiger charge is 2.12. The largest absolute Gasteiger partial charge is 0.367 e. The Bertz CT molecular complexity index is 750. The Hall–Kier alpha value is -2.89. The van der Waals surface area contributed by atoms with Gasteiger partial charge in [0.1, 0.15) is 5.56 Å². The van der Waals surface area contributed by atoms with Gasteiger partial charge in [-0.1, -0.05) is 6.07 Å². The van der Waals surface area contributed by atoms with Crippen molar-refractivity contribution >= 4 is 17.5 Å². The number of aromatic nitrogens is 1. The van der Waals surface area contributed by atoms with Gasteiger partial charge in [-0.05, 0) is 24.6 Å². The fraction of sp³-hybridized carbons (Fsp3) is 0.133. The fourth-order valence-corrected chi connectivity index (χ4v) is 1.83. The molecule has 0 saturated carbocycles. The smallest absolute Gasteiger partial charge is 0.261 e. The van der Waals surface area contributed by atoms with E-state index in [9.17, 15) is 14.4 Å². The number of hydrogen-bond donors (Lipinski definition) is 3. The first-order valence-electron chi connectivity index (χ1n) is 6.34. The normalized spacial score (nSPS) is 10.0. The number of pyridine rings is 1. The van der Waals surface area contributed by atoms with Gasteiger partial charge < -0.3 is 15.6 Å². The van der Waals surface area contributed by atoms with Gasteiger partial charge in [0, 0.05) is 36.8 Å². The van der Waals surface area contributed by atoms with Crippen molar-refractivity contribution in [1.82, 2.24) is 10.3 Å². The fourth-order valence-electron chi connectivity index (χ4n) is 1.83. The van der Waals surface area contributed by atoms with Crippen LogP contribution in [0.4, 0.5) is 5.69 Å². The van der Waals surface area contributed by atoms with E-state index in [1.165, 1.54) is 25.5 Å². The Labute approximate surface area is 121 Å². The van der Waals surface area contributed by atoms with Gasteiger partial charge in [0.25, 0.3) is 11.8 Å². The Morgan fingerprint density at radius 3 is 2.57 bits per heavy atom. The minimum Gasteiger partial charge on any atom is -0.367 e. The first-order chi connectivity index (χ1) is 10.0. The van der Waals surface area contributed by atoms with Crippen LogP contribution in [0.2, 0.25) is 0 Å². The molecule has 2 aromatic rings. The molecule has 0 fully saturated rings. The van der Waals surface area contributed by atoms with Gasteiger partial charge in [0.2, 0.25) is 0 Å². The van der Waals surface area contributed by atoms with Gasteiger partial charge >= 0.3 is 0 Å². The first kappa shape index (κ1) is 14.5. The van der Waals surface area contributed by atoms with E-state index < -0.39 is 5.91 Å². The molecule has 2 rings (SSSR count). The van der Waals surface area contributed by atoms with Gasteiger partial charge in [-0.2, -0.15) is 0 Å². The summed E-state index contributed by atoms with van der Waals surface area (Å²) in [5, 5.41) is 5.16. The van der Waals surface area contributed by atoms with Crippen LogP contribution in [0.5, 0.6) is 0 Å². The molecule has 0 unspecified atom stereocenters. The van der Waals surface area contributed by atoms with E-state index in [2.05, 4.69) is 15.6 Å². The molecule has 21 heavy (non-hydrogen) atoms. The van der Waals surface area contributed by atoms with Crippen molar-refractivity contribution in [3.63, 3.8) is 0 Å². The predicted molar refractivity (Wildman–Crippen MR) is 79.6 cm³/mol. The molecule has 0 atom stereocenters. The average molecular weight is 285 g/mol. The van der Waals surface area contributed by atoms with Crippen molar-refractivity contribution in [2.45, 2.75) is 6.92 Å². The molecule has 3 N–H and O–H groups in total. The number of aryl methyl sites for hydroxylation is 1. The maximum absolute atomic E-state index is 12.1. The lowest BCUT2D eigenvalue weighted by Crippen LogP contribution is -2.22. The number of carbonyl (C=O) groups excluding carboxylic acids is 2. The molecule has 0 saturated heterocycles. The number of benzene rings is 1. The molecule has 2 amide bonds. The van der Waals surface area contributed by atoms with Crippen molar-refractivity contribution in [2.75, 3.05) is 12.4 Å². The third kappa shape index (κ3) is 3.17. The number of aromatic amines is 1. The molecular formula is C15H15N3O3. The highest BCUT2D eigenvalue weighted by atomic mass is 16.2. The lowest BCUT2D eigenvalue weighted by Gasteiger charge is -2.10. The zero-order valence-corrected chi connectivity index (χ0v) is 11.7. The molecule has 0 bridgehead atoms. The van der Waals surface area contributed by atoms with Crippen LogP contribution in [0.25, 0.3) is 0 Å². The topological polar surface area (TPSA) is 91.1 Å². The minimum atomic E-state index is -0.519. The summed E-state index contributed by atoms with van der Waals surface area (Å²) < 4.78 is 0. The number of H-pyrrole nitrogens is 1. The van der Waals surface area contributed by atoms with Crippen LogP contribution >= 0.6 is 0 Å². The highest BCUT2D eigenvalue weighted by Crippen LogP contribution is 2.17. The van der Waals surface area contributed by atoms with Crippen LogP contribution in [-0.2, 0) is 0 Å². The number of amides is 2. The Balaban J connectivity index is 2.31. The van der Waals surface area contributed by atoms with Crippen molar-refractivity contribution in [1.29, 1.82) is 0 Å². The number of carbonyl (C=O) groups is 2. The molecule has 0 aliphatic carbocycles. The molecule has 0 radical (unpaired) electrons. The monoisotopic (exact) mass is 285 g/mol. The molecule has 6 nitrogen and oxygen atoms in total. The molecule has 0 aliphatic heterocycles. The Morgan fingerprint density at radius 1 is 1.14 bits per heavy atom. The van der Waals surface area contributed by atoms with Crippen molar-refractivity contribution in [3.8, 4) is 0 Å². The molecule has 1 heterocycles. The number of rotatable bonds is 3. The van der Waals surface area contributed by atoms with Gasteiger partial charge in [-0.25, -0.2) is 0 Å². The Kier molecular flexibility index (Phi) is 4.18. The van der Waals surface area contributed by atoms with E-state index in [0.717, 1.165) is 5.56 Å². The molecule has 0 aliphatic rings. The van der Waals surface area contributed by atoms with Gasteiger partial charge in [0.05, 0.1) is 0 Å². The third-order valence-corrected chi connectivity index (χ3v) is 3.04. The van der Waals surface area contributed by atoms with Gasteiger partial charge in [-0.3, -0.25) is 14.4 Å². The standard InChI is InChI=1S/C15H15N3O3/c1-9-3-4-10(14(20)16-2)7-12(9)18-15(21)11-8-17-6-5-13(11)19/h3-8H,1-2H3,(H,16,20)(H,17,19)(H,18,21). The Morgan fingerprint density at radius 2 is 1.90 bits per heavy atom. The predicted octanol–water partition coefficient (Wildman–Crippen LogP) is 1.30. The van der Waals surface area contributed by atoms with Crippen LogP contribution in [0.1, 0.15) is 26.3 Å². The summed E-state index contributed by atoms with van der Waals surface area (Å²) >= 11 is 0. The van der Waals surface area contributed by atoms with Crippen LogP contribution in [0.15, 0.2) is 41.5 Å². The molecule has 108 valence electrons. The second kappa shape index (κ2) is 6.04. The summed E-state index contributed by atoms with van der Waals surface area (Å²) in [5.41, 5.74) is 1.36. The maximum Gasteiger partial charge on any atom is 0.261 e. The number of hydrogen-bond acceptors (Lipinski definition) is 3. The van der Waals surface area contributed by atoms with E-state index in [1.807, 2.05) is 0 Å². The summed E-state index contributed by atoms with van der Waals surface area (Å²) in [6, 6.07) is 6.25. The van der Waals surface area contributed by atoms with Crippen LogP contribution < -0.4 is 16.1 Å².